The fourth-order valence-electron chi connectivity index (χ4n) is 2.01. The Morgan fingerprint density at radius 2 is 2.21 bits per heavy atom. The number of aromatic nitrogens is 3. The zero-order valence-electron chi connectivity index (χ0n) is 10.5. The molecule has 0 unspecified atom stereocenters. The molecular formula is C11H17N5O3. The first-order valence-corrected chi connectivity index (χ1v) is 6.24. The third kappa shape index (κ3) is 3.94. The summed E-state index contributed by atoms with van der Waals surface area (Å²) in [7, 11) is 0. The molecule has 2 heterocycles. The van der Waals surface area contributed by atoms with E-state index >= 15 is 0 Å². The first-order chi connectivity index (χ1) is 9.15. The number of amides is 2. The number of nitrogens with zero attached hydrogens (tertiary/aromatic N) is 4. The van der Waals surface area contributed by atoms with Crippen molar-refractivity contribution < 1.29 is 14.7 Å². The number of aliphatic carboxylic acids is 1. The molecule has 1 aliphatic rings. The topological polar surface area (TPSA) is 100 Å². The first kappa shape index (κ1) is 13.3. The third-order valence-electron chi connectivity index (χ3n) is 3.02. The predicted octanol–water partition coefficient (Wildman–Crippen LogP) is -0.216. The van der Waals surface area contributed by atoms with Crippen molar-refractivity contribution in [3.63, 3.8) is 0 Å². The van der Waals surface area contributed by atoms with Crippen molar-refractivity contribution in [2.24, 2.45) is 5.92 Å². The second kappa shape index (κ2) is 6.17. The number of aryl methyl sites for hydroxylation is 1. The highest BCUT2D eigenvalue weighted by molar-refractivity contribution is 5.75. The first-order valence-electron chi connectivity index (χ1n) is 6.24. The Morgan fingerprint density at radius 1 is 1.42 bits per heavy atom. The van der Waals surface area contributed by atoms with Crippen LogP contribution in [0.2, 0.25) is 0 Å². The molecule has 0 atom stereocenters. The lowest BCUT2D eigenvalue weighted by Crippen LogP contribution is -2.54. The summed E-state index contributed by atoms with van der Waals surface area (Å²) in [6, 6.07) is -0.125. The highest BCUT2D eigenvalue weighted by atomic mass is 16.4. The molecule has 2 amide bonds. The van der Waals surface area contributed by atoms with Crippen molar-refractivity contribution in [1.29, 1.82) is 0 Å². The molecule has 1 aliphatic heterocycles. The number of hydrogen-bond donors (Lipinski definition) is 2. The van der Waals surface area contributed by atoms with E-state index in [1.807, 2.05) is 0 Å². The summed E-state index contributed by atoms with van der Waals surface area (Å²) < 4.78 is 1.71. The summed E-state index contributed by atoms with van der Waals surface area (Å²) in [6.07, 6.45) is 4.30. The zero-order chi connectivity index (χ0) is 13.7. The Labute approximate surface area is 110 Å². The van der Waals surface area contributed by atoms with E-state index in [0.29, 0.717) is 26.2 Å². The van der Waals surface area contributed by atoms with Gasteiger partial charge in [0.05, 0.1) is 12.6 Å². The lowest BCUT2D eigenvalue weighted by molar-refractivity contribution is -0.139. The van der Waals surface area contributed by atoms with Crippen LogP contribution in [-0.2, 0) is 11.3 Å². The van der Waals surface area contributed by atoms with Crippen LogP contribution in [0.25, 0.3) is 0 Å². The molecular weight excluding hydrogens is 250 g/mol. The van der Waals surface area contributed by atoms with E-state index in [9.17, 15) is 9.59 Å². The molecule has 8 nitrogen and oxygen atoms in total. The minimum atomic E-state index is -0.808. The lowest BCUT2D eigenvalue weighted by Gasteiger charge is -2.38. The van der Waals surface area contributed by atoms with Gasteiger partial charge in [0.2, 0.25) is 0 Å². The normalized spacial score (nSPS) is 15.1. The zero-order valence-corrected chi connectivity index (χ0v) is 10.5. The second-order valence-corrected chi connectivity index (χ2v) is 4.62. The van der Waals surface area contributed by atoms with Gasteiger partial charge in [-0.25, -0.2) is 4.79 Å². The standard InChI is InChI=1S/C11H17N5O3/c17-10(18)6-9-7-15(8-9)11(19)12-2-1-4-16-5-3-13-14-16/h3,5,9H,1-2,4,6-8H2,(H,12,19)(H,17,18). The van der Waals surface area contributed by atoms with Gasteiger partial charge < -0.3 is 15.3 Å². The van der Waals surface area contributed by atoms with E-state index in [1.54, 1.807) is 22.0 Å². The van der Waals surface area contributed by atoms with Crippen LogP contribution < -0.4 is 5.32 Å². The second-order valence-electron chi connectivity index (χ2n) is 4.62. The molecule has 1 saturated heterocycles. The number of likely N-dealkylation sites (tertiary alicyclic amines) is 1. The highest BCUT2D eigenvalue weighted by Gasteiger charge is 2.31. The van der Waals surface area contributed by atoms with Gasteiger partial charge in [-0.05, 0) is 6.42 Å². The average Bonchev–Trinajstić information content (AvgIpc) is 2.81. The molecule has 19 heavy (non-hydrogen) atoms. The van der Waals surface area contributed by atoms with Gasteiger partial charge in [0, 0.05) is 38.3 Å². The number of carboxylic acid groups (broad SMARTS) is 1. The Kier molecular flexibility index (Phi) is 4.32. The fourth-order valence-corrected chi connectivity index (χ4v) is 2.01. The summed E-state index contributed by atoms with van der Waals surface area (Å²) in [6.45, 7) is 2.34. The van der Waals surface area contributed by atoms with Crippen molar-refractivity contribution in [2.45, 2.75) is 19.4 Å². The minimum absolute atomic E-state index is 0.0957. The number of carbonyl (C=O) groups excluding carboxylic acids is 1. The smallest absolute Gasteiger partial charge is 0.317 e. The molecule has 0 spiro atoms. The molecule has 0 saturated carbocycles. The van der Waals surface area contributed by atoms with Gasteiger partial charge in [0.25, 0.3) is 0 Å². The Hall–Kier alpha value is -2.12. The number of carboxylic acids is 1. The molecule has 0 aliphatic carbocycles. The molecule has 1 aromatic heterocycles. The number of rotatable bonds is 6. The van der Waals surface area contributed by atoms with E-state index in [2.05, 4.69) is 15.6 Å². The van der Waals surface area contributed by atoms with E-state index in [-0.39, 0.29) is 18.4 Å². The van der Waals surface area contributed by atoms with E-state index in [0.717, 1.165) is 6.42 Å². The molecule has 0 bridgehead atoms. The van der Waals surface area contributed by atoms with Crippen molar-refractivity contribution >= 4 is 12.0 Å². The summed E-state index contributed by atoms with van der Waals surface area (Å²) in [5.74, 6) is -0.712. The van der Waals surface area contributed by atoms with Crippen LogP contribution in [0, 0.1) is 5.92 Å². The quantitative estimate of drug-likeness (QED) is 0.694. The van der Waals surface area contributed by atoms with E-state index < -0.39 is 5.97 Å². The van der Waals surface area contributed by atoms with Crippen LogP contribution in [0.5, 0.6) is 0 Å². The average molecular weight is 267 g/mol. The number of urea groups is 1. The highest BCUT2D eigenvalue weighted by Crippen LogP contribution is 2.18. The maximum absolute atomic E-state index is 11.7. The van der Waals surface area contributed by atoms with Gasteiger partial charge in [0.15, 0.2) is 0 Å². The van der Waals surface area contributed by atoms with E-state index in [1.165, 1.54) is 0 Å². The van der Waals surface area contributed by atoms with Gasteiger partial charge in [-0.15, -0.1) is 5.10 Å². The number of carbonyl (C=O) groups is 2. The number of nitrogens with one attached hydrogen (secondary N) is 1. The van der Waals surface area contributed by atoms with Crippen LogP contribution in [-0.4, -0.2) is 56.6 Å². The summed E-state index contributed by atoms with van der Waals surface area (Å²) >= 11 is 0. The maximum Gasteiger partial charge on any atom is 0.317 e. The van der Waals surface area contributed by atoms with E-state index in [4.69, 9.17) is 5.11 Å². The predicted molar refractivity (Wildman–Crippen MR) is 65.4 cm³/mol. The van der Waals surface area contributed by atoms with Crippen molar-refractivity contribution in [1.82, 2.24) is 25.2 Å². The third-order valence-corrected chi connectivity index (χ3v) is 3.02. The molecule has 0 radical (unpaired) electrons. The van der Waals surface area contributed by atoms with Crippen LogP contribution in [0.15, 0.2) is 12.4 Å². The minimum Gasteiger partial charge on any atom is -0.481 e. The van der Waals surface area contributed by atoms with Crippen LogP contribution in [0.1, 0.15) is 12.8 Å². The molecule has 104 valence electrons. The molecule has 1 fully saturated rings. The van der Waals surface area contributed by atoms with Crippen LogP contribution in [0.3, 0.4) is 0 Å². The Morgan fingerprint density at radius 3 is 2.84 bits per heavy atom. The molecule has 1 aromatic rings. The van der Waals surface area contributed by atoms with Crippen LogP contribution in [0.4, 0.5) is 4.79 Å². The van der Waals surface area contributed by atoms with Crippen molar-refractivity contribution in [2.75, 3.05) is 19.6 Å². The van der Waals surface area contributed by atoms with Gasteiger partial charge in [0.1, 0.15) is 0 Å². The maximum atomic E-state index is 11.7. The largest absolute Gasteiger partial charge is 0.481 e. The van der Waals surface area contributed by atoms with Crippen LogP contribution >= 0.6 is 0 Å². The van der Waals surface area contributed by atoms with Gasteiger partial charge >= 0.3 is 12.0 Å². The van der Waals surface area contributed by atoms with Crippen molar-refractivity contribution in [3.8, 4) is 0 Å². The SMILES string of the molecule is O=C(O)CC1CN(C(=O)NCCCn2ccnn2)C1. The fraction of sp³-hybridized carbons (Fsp3) is 0.636. The van der Waals surface area contributed by atoms with Crippen molar-refractivity contribution in [3.05, 3.63) is 12.4 Å². The van der Waals surface area contributed by atoms with Gasteiger partial charge in [-0.2, -0.15) is 0 Å². The summed E-state index contributed by atoms with van der Waals surface area (Å²) in [5, 5.41) is 18.9. The molecule has 2 N–H and O–H groups in total. The molecule has 2 rings (SSSR count). The van der Waals surface area contributed by atoms with Gasteiger partial charge in [-0.1, -0.05) is 5.21 Å². The monoisotopic (exact) mass is 267 g/mol. The number of hydrogen-bond acceptors (Lipinski definition) is 4. The summed E-state index contributed by atoms with van der Waals surface area (Å²) in [5.41, 5.74) is 0. The molecule has 8 heteroatoms. The summed E-state index contributed by atoms with van der Waals surface area (Å²) in [4.78, 5) is 23.7. The molecule has 0 aromatic carbocycles. The Bertz CT molecular complexity index is 428. The lowest BCUT2D eigenvalue weighted by atomic mass is 9.97. The Balaban J connectivity index is 1.55. The van der Waals surface area contributed by atoms with Gasteiger partial charge in [-0.3, -0.25) is 9.48 Å².